The van der Waals surface area contributed by atoms with Crippen LogP contribution >= 0.6 is 0 Å². The van der Waals surface area contributed by atoms with Crippen LogP contribution in [0.15, 0.2) is 0 Å². The van der Waals surface area contributed by atoms with E-state index in [4.69, 9.17) is 17.2 Å². The van der Waals surface area contributed by atoms with E-state index in [9.17, 15) is 0 Å². The van der Waals surface area contributed by atoms with Crippen LogP contribution in [0.1, 0.15) is 70.6 Å². The monoisotopic (exact) mass is 343 g/mol. The lowest BCUT2D eigenvalue weighted by Crippen LogP contribution is -2.25. The maximum atomic E-state index is 5.57. The second-order valence-electron chi connectivity index (χ2n) is 6.95. The van der Waals surface area contributed by atoms with E-state index in [1.54, 1.807) is 0 Å². The molecule has 5 nitrogen and oxygen atoms in total. The summed E-state index contributed by atoms with van der Waals surface area (Å²) in [6, 6.07) is 0. The Kier molecular flexibility index (Phi) is 20.7. The van der Waals surface area contributed by atoms with Crippen molar-refractivity contribution in [2.45, 2.75) is 70.6 Å². The molecule has 0 fully saturated rings. The summed E-state index contributed by atoms with van der Waals surface area (Å²) in [6.45, 7) is 6.82. The number of hydrogen-bond donors (Lipinski definition) is 5. The van der Waals surface area contributed by atoms with Crippen molar-refractivity contribution < 1.29 is 0 Å². The molecule has 146 valence electrons. The van der Waals surface area contributed by atoms with Crippen molar-refractivity contribution in [1.29, 1.82) is 0 Å². The minimum Gasteiger partial charge on any atom is -0.330 e. The average molecular weight is 344 g/mol. The predicted octanol–water partition coefficient (Wildman–Crippen LogP) is 1.95. The molecule has 0 saturated heterocycles. The second-order valence-corrected chi connectivity index (χ2v) is 6.95. The first kappa shape index (κ1) is 23.8. The summed E-state index contributed by atoms with van der Waals surface area (Å²) < 4.78 is 0. The van der Waals surface area contributed by atoms with Gasteiger partial charge in [0.2, 0.25) is 0 Å². The molecule has 5 heteroatoms. The van der Waals surface area contributed by atoms with Crippen molar-refractivity contribution in [3.05, 3.63) is 0 Å². The molecule has 1 unspecified atom stereocenters. The van der Waals surface area contributed by atoms with Crippen LogP contribution in [0.25, 0.3) is 0 Å². The Morgan fingerprint density at radius 3 is 1.67 bits per heavy atom. The maximum Gasteiger partial charge on any atom is -0.00205 e. The molecule has 8 N–H and O–H groups in total. The fraction of sp³-hybridized carbons (Fsp3) is 1.00. The zero-order chi connectivity index (χ0) is 17.7. The molecule has 0 rings (SSSR count). The van der Waals surface area contributed by atoms with Gasteiger partial charge in [0.05, 0.1) is 0 Å². The summed E-state index contributed by atoms with van der Waals surface area (Å²) >= 11 is 0. The largest absolute Gasteiger partial charge is 0.330 e. The molecular formula is C19H45N5. The molecule has 0 aliphatic carbocycles. The summed E-state index contributed by atoms with van der Waals surface area (Å²) in [5.74, 6) is 0.821. The van der Waals surface area contributed by atoms with E-state index in [0.29, 0.717) is 0 Å². The molecule has 0 aliphatic rings. The van der Waals surface area contributed by atoms with Crippen molar-refractivity contribution in [2.75, 3.05) is 45.8 Å². The van der Waals surface area contributed by atoms with E-state index < -0.39 is 0 Å². The highest BCUT2D eigenvalue weighted by Gasteiger charge is 2.08. The lowest BCUT2D eigenvalue weighted by Gasteiger charge is -2.18. The van der Waals surface area contributed by atoms with E-state index in [2.05, 4.69) is 10.6 Å². The molecule has 0 aromatic heterocycles. The molecule has 24 heavy (non-hydrogen) atoms. The zero-order valence-corrected chi connectivity index (χ0v) is 16.0. The smallest absolute Gasteiger partial charge is 0.00205 e. The third kappa shape index (κ3) is 18.1. The molecule has 1 atom stereocenters. The van der Waals surface area contributed by atoms with Gasteiger partial charge in [-0.15, -0.1) is 0 Å². The Hall–Kier alpha value is -0.200. The quantitative estimate of drug-likeness (QED) is 0.217. The zero-order valence-electron chi connectivity index (χ0n) is 16.0. The number of nitrogens with two attached hydrogens (primary N) is 3. The number of hydrogen-bond acceptors (Lipinski definition) is 5. The van der Waals surface area contributed by atoms with Crippen LogP contribution < -0.4 is 27.8 Å². The molecule has 0 amide bonds. The summed E-state index contributed by atoms with van der Waals surface area (Å²) in [5.41, 5.74) is 16.6. The second kappa shape index (κ2) is 20.8. The molecule has 0 aliphatic heterocycles. The molecule has 0 aromatic rings. The van der Waals surface area contributed by atoms with Gasteiger partial charge in [0.1, 0.15) is 0 Å². The minimum absolute atomic E-state index is 0.785. The van der Waals surface area contributed by atoms with Gasteiger partial charge >= 0.3 is 0 Å². The topological polar surface area (TPSA) is 102 Å². The summed E-state index contributed by atoms with van der Waals surface area (Å²) in [5, 5.41) is 7.06. The van der Waals surface area contributed by atoms with E-state index in [1.165, 1.54) is 57.8 Å². The van der Waals surface area contributed by atoms with Crippen molar-refractivity contribution in [1.82, 2.24) is 10.6 Å². The minimum atomic E-state index is 0.785. The number of rotatable bonds is 20. The van der Waals surface area contributed by atoms with Crippen LogP contribution in [-0.4, -0.2) is 45.8 Å². The van der Waals surface area contributed by atoms with Crippen molar-refractivity contribution in [2.24, 2.45) is 23.1 Å². The highest BCUT2D eigenvalue weighted by atomic mass is 14.9. The lowest BCUT2D eigenvalue weighted by molar-refractivity contribution is 0.383. The third-order valence-electron chi connectivity index (χ3n) is 4.58. The van der Waals surface area contributed by atoms with Gasteiger partial charge in [0, 0.05) is 0 Å². The molecule has 0 heterocycles. The third-order valence-corrected chi connectivity index (χ3v) is 4.58. The standard InChI is InChI=1S/C19H45N5/c20-12-6-3-1-2-4-10-19(18-24-17-9-14-22)11-5-7-15-23-16-8-13-21/h19,23-24H,1-18,20-22H2. The molecule has 0 radical (unpaired) electrons. The van der Waals surface area contributed by atoms with Crippen LogP contribution in [0, 0.1) is 5.92 Å². The van der Waals surface area contributed by atoms with Gasteiger partial charge in [0.25, 0.3) is 0 Å². The Bertz CT molecular complexity index is 226. The maximum absolute atomic E-state index is 5.57. The summed E-state index contributed by atoms with van der Waals surface area (Å²) in [4.78, 5) is 0. The molecule has 0 spiro atoms. The fourth-order valence-electron chi connectivity index (χ4n) is 3.02. The van der Waals surface area contributed by atoms with Crippen molar-refractivity contribution >= 4 is 0 Å². The lowest BCUT2D eigenvalue weighted by atomic mass is 9.94. The number of nitrogens with one attached hydrogen (secondary N) is 2. The van der Waals surface area contributed by atoms with Gasteiger partial charge < -0.3 is 27.8 Å². The van der Waals surface area contributed by atoms with Crippen molar-refractivity contribution in [3.8, 4) is 0 Å². The van der Waals surface area contributed by atoms with Crippen molar-refractivity contribution in [3.63, 3.8) is 0 Å². The van der Waals surface area contributed by atoms with Gasteiger partial charge in [-0.2, -0.15) is 0 Å². The SMILES string of the molecule is NCCCCCCCC(CCCCNCCCN)CNCCCN. The predicted molar refractivity (Wildman–Crippen MR) is 107 cm³/mol. The van der Waals surface area contributed by atoms with E-state index in [0.717, 1.165) is 64.6 Å². The Balaban J connectivity index is 3.70. The first-order valence-corrected chi connectivity index (χ1v) is 10.4. The average Bonchev–Trinajstić information content (AvgIpc) is 2.60. The first-order chi connectivity index (χ1) is 11.8. The van der Waals surface area contributed by atoms with E-state index >= 15 is 0 Å². The Labute approximate surface area is 150 Å². The van der Waals surface area contributed by atoms with Crippen LogP contribution in [0.2, 0.25) is 0 Å². The molecule has 0 bridgehead atoms. The van der Waals surface area contributed by atoms with Crippen LogP contribution in [0.4, 0.5) is 0 Å². The first-order valence-electron chi connectivity index (χ1n) is 10.4. The molecule has 0 aromatic carbocycles. The Morgan fingerprint density at radius 1 is 0.500 bits per heavy atom. The molecule has 0 saturated carbocycles. The van der Waals surface area contributed by atoms with Gasteiger partial charge in [-0.05, 0) is 90.3 Å². The highest BCUT2D eigenvalue weighted by molar-refractivity contribution is 4.65. The summed E-state index contributed by atoms with van der Waals surface area (Å²) in [7, 11) is 0. The highest BCUT2D eigenvalue weighted by Crippen LogP contribution is 2.17. The van der Waals surface area contributed by atoms with Crippen LogP contribution in [0.5, 0.6) is 0 Å². The van der Waals surface area contributed by atoms with Crippen LogP contribution in [0.3, 0.4) is 0 Å². The van der Waals surface area contributed by atoms with Gasteiger partial charge in [-0.3, -0.25) is 0 Å². The van der Waals surface area contributed by atoms with Gasteiger partial charge in [-0.25, -0.2) is 0 Å². The van der Waals surface area contributed by atoms with E-state index in [1.807, 2.05) is 0 Å². The number of unbranched alkanes of at least 4 members (excludes halogenated alkanes) is 5. The summed E-state index contributed by atoms with van der Waals surface area (Å²) in [6.07, 6.45) is 14.0. The molecular weight excluding hydrogens is 298 g/mol. The van der Waals surface area contributed by atoms with Gasteiger partial charge in [-0.1, -0.05) is 32.1 Å². The Morgan fingerprint density at radius 2 is 1.00 bits per heavy atom. The van der Waals surface area contributed by atoms with Gasteiger partial charge in [0.15, 0.2) is 0 Å². The fourth-order valence-corrected chi connectivity index (χ4v) is 3.02. The van der Waals surface area contributed by atoms with Crippen LogP contribution in [-0.2, 0) is 0 Å². The normalized spacial score (nSPS) is 12.6. The van der Waals surface area contributed by atoms with E-state index in [-0.39, 0.29) is 0 Å².